The summed E-state index contributed by atoms with van der Waals surface area (Å²) in [5.41, 5.74) is 0. The zero-order valence-corrected chi connectivity index (χ0v) is 31.2. The van der Waals surface area contributed by atoms with Gasteiger partial charge in [0.25, 0.3) is 0 Å². The molecule has 0 N–H and O–H groups in total. The largest absolute Gasteiger partial charge is 0.306 e. The lowest BCUT2D eigenvalue weighted by Crippen LogP contribution is -2.27. The van der Waals surface area contributed by atoms with Crippen molar-refractivity contribution < 1.29 is 0 Å². The van der Waals surface area contributed by atoms with E-state index in [-0.39, 0.29) is 17.0 Å². The fraction of sp³-hybridized carbons (Fsp3) is 1.00. The van der Waals surface area contributed by atoms with Gasteiger partial charge in [-0.3, -0.25) is 0 Å². The van der Waals surface area contributed by atoms with Gasteiger partial charge in [0.15, 0.2) is 0 Å². The zero-order valence-electron chi connectivity index (χ0n) is 29.5. The molecule has 0 aromatic rings. The van der Waals surface area contributed by atoms with Crippen molar-refractivity contribution in [1.82, 2.24) is 4.90 Å². The maximum atomic E-state index is 2.51. The summed E-state index contributed by atoms with van der Waals surface area (Å²) in [7, 11) is 4.62. The van der Waals surface area contributed by atoms with Crippen molar-refractivity contribution in [2.75, 3.05) is 14.1 Å². The first-order valence-corrected chi connectivity index (χ1v) is 19.4. The molecule has 0 fully saturated rings. The molecule has 0 saturated heterocycles. The third-order valence-corrected chi connectivity index (χ3v) is 9.51. The summed E-state index contributed by atoms with van der Waals surface area (Å²) in [6.45, 7) is 4.62. The summed E-state index contributed by atoms with van der Waals surface area (Å²) in [5, 5.41) is 0. The number of hydrogen-bond acceptors (Lipinski definition) is 1. The molecule has 0 atom stereocenters. The first-order valence-electron chi connectivity index (χ1n) is 19.4. The van der Waals surface area contributed by atoms with Gasteiger partial charge in [0, 0.05) is 6.04 Å². The fourth-order valence-corrected chi connectivity index (χ4v) is 6.52. The van der Waals surface area contributed by atoms with Gasteiger partial charge >= 0.3 is 0 Å². The highest BCUT2D eigenvalue weighted by Gasteiger charge is 2.10. The monoisotopic (exact) mass is 644 g/mol. The quantitative estimate of drug-likeness (QED) is 0.0621. The van der Waals surface area contributed by atoms with Crippen LogP contribution in [-0.4, -0.2) is 25.0 Å². The van der Waals surface area contributed by atoms with Gasteiger partial charge in [-0.2, -0.15) is 0 Å². The Morgan fingerprint density at radius 2 is 0.463 bits per heavy atom. The van der Waals surface area contributed by atoms with E-state index < -0.39 is 0 Å². The lowest BCUT2D eigenvalue weighted by atomic mass is 9.99. The lowest BCUT2D eigenvalue weighted by Gasteiger charge is -2.24. The Balaban J connectivity index is 0. The molecular weight excluding hydrogens is 562 g/mol. The van der Waals surface area contributed by atoms with E-state index >= 15 is 0 Å². The number of halogens is 1. The smallest absolute Gasteiger partial charge is 0.00891 e. The lowest BCUT2D eigenvalue weighted by molar-refractivity contribution is 0.251. The second-order valence-corrected chi connectivity index (χ2v) is 13.8. The van der Waals surface area contributed by atoms with Crippen LogP contribution in [0.15, 0.2) is 0 Å². The third kappa shape index (κ3) is 36.5. The highest BCUT2D eigenvalue weighted by atomic mass is 79.9. The van der Waals surface area contributed by atoms with Crippen molar-refractivity contribution in [3.8, 4) is 0 Å². The first-order chi connectivity index (χ1) is 19.7. The van der Waals surface area contributed by atoms with Crippen molar-refractivity contribution in [3.63, 3.8) is 0 Å². The van der Waals surface area contributed by atoms with E-state index in [0.29, 0.717) is 0 Å². The minimum absolute atomic E-state index is 0. The molecule has 0 aliphatic carbocycles. The van der Waals surface area contributed by atoms with Gasteiger partial charge in [-0.15, -0.1) is 17.0 Å². The molecule has 0 unspecified atom stereocenters. The van der Waals surface area contributed by atoms with Crippen LogP contribution >= 0.6 is 17.0 Å². The van der Waals surface area contributed by atoms with Crippen LogP contribution in [0, 0.1) is 0 Å². The van der Waals surface area contributed by atoms with Crippen LogP contribution in [0.4, 0.5) is 0 Å². The van der Waals surface area contributed by atoms with Gasteiger partial charge in [0.2, 0.25) is 0 Å². The molecule has 1 nitrogen and oxygen atoms in total. The van der Waals surface area contributed by atoms with Crippen LogP contribution in [0.2, 0.25) is 0 Å². The summed E-state index contributed by atoms with van der Waals surface area (Å²) in [6.07, 6.45) is 49.8. The molecule has 0 heterocycles. The van der Waals surface area contributed by atoms with Crippen molar-refractivity contribution in [2.45, 2.75) is 238 Å². The number of hydrogen-bond donors (Lipinski definition) is 0. The SMILES string of the molecule is Br.CCCCCCCCCCCCCCCCCCC(CCCCCCCCCCCCCCCCCC)N(C)C. The average molecular weight is 645 g/mol. The van der Waals surface area contributed by atoms with Crippen LogP contribution in [0.1, 0.15) is 232 Å². The van der Waals surface area contributed by atoms with Crippen molar-refractivity contribution >= 4 is 17.0 Å². The molecular formula is C39H82BrN. The van der Waals surface area contributed by atoms with E-state index in [0.717, 1.165) is 6.04 Å². The van der Waals surface area contributed by atoms with Gasteiger partial charge in [0.05, 0.1) is 0 Å². The predicted molar refractivity (Wildman–Crippen MR) is 196 cm³/mol. The van der Waals surface area contributed by atoms with Crippen molar-refractivity contribution in [3.05, 3.63) is 0 Å². The van der Waals surface area contributed by atoms with Crippen LogP contribution in [0.5, 0.6) is 0 Å². The Hall–Kier alpha value is 0.440. The summed E-state index contributed by atoms with van der Waals surface area (Å²) < 4.78 is 0. The van der Waals surface area contributed by atoms with Crippen LogP contribution in [0.25, 0.3) is 0 Å². The van der Waals surface area contributed by atoms with Gasteiger partial charge in [-0.1, -0.05) is 219 Å². The zero-order chi connectivity index (χ0) is 29.2. The topological polar surface area (TPSA) is 3.24 Å². The molecule has 0 bridgehead atoms. The standard InChI is InChI=1S/C39H81N.BrH/c1-5-7-9-11-13-15-17-19-21-23-25-27-29-31-33-35-37-39(40(3)4)38-36-34-32-30-28-26-24-22-20-18-16-14-12-10-8-6-2;/h39H,5-38H2,1-4H3;1H. The molecule has 2 heteroatoms. The molecule has 0 rings (SSSR count). The van der Waals surface area contributed by atoms with Crippen LogP contribution < -0.4 is 0 Å². The third-order valence-electron chi connectivity index (χ3n) is 9.51. The minimum atomic E-state index is 0. The summed E-state index contributed by atoms with van der Waals surface area (Å²) >= 11 is 0. The van der Waals surface area contributed by atoms with Gasteiger partial charge in [0.1, 0.15) is 0 Å². The van der Waals surface area contributed by atoms with E-state index in [4.69, 9.17) is 0 Å². The van der Waals surface area contributed by atoms with E-state index in [1.807, 2.05) is 0 Å². The van der Waals surface area contributed by atoms with E-state index in [2.05, 4.69) is 32.8 Å². The fourth-order valence-electron chi connectivity index (χ4n) is 6.52. The molecule has 0 radical (unpaired) electrons. The minimum Gasteiger partial charge on any atom is -0.306 e. The Kier molecular flexibility index (Phi) is 40.9. The first kappa shape index (κ1) is 43.6. The van der Waals surface area contributed by atoms with Gasteiger partial charge in [-0.05, 0) is 26.9 Å². The van der Waals surface area contributed by atoms with Crippen molar-refractivity contribution in [2.24, 2.45) is 0 Å². The maximum absolute atomic E-state index is 2.51. The molecule has 0 aliphatic heterocycles. The highest BCUT2D eigenvalue weighted by molar-refractivity contribution is 8.93. The van der Waals surface area contributed by atoms with Crippen LogP contribution in [0.3, 0.4) is 0 Å². The van der Waals surface area contributed by atoms with Crippen LogP contribution in [-0.2, 0) is 0 Å². The van der Waals surface area contributed by atoms with E-state index in [1.165, 1.54) is 218 Å². The van der Waals surface area contributed by atoms with E-state index in [1.54, 1.807) is 0 Å². The number of unbranched alkanes of at least 4 members (excludes halogenated alkanes) is 30. The van der Waals surface area contributed by atoms with Gasteiger partial charge < -0.3 is 4.90 Å². The molecule has 0 aromatic heterocycles. The maximum Gasteiger partial charge on any atom is 0.00891 e. The van der Waals surface area contributed by atoms with Crippen molar-refractivity contribution in [1.29, 1.82) is 0 Å². The normalized spacial score (nSPS) is 11.6. The summed E-state index contributed by atoms with van der Waals surface area (Å²) in [5.74, 6) is 0. The van der Waals surface area contributed by atoms with Gasteiger partial charge in [-0.25, -0.2) is 0 Å². The highest BCUT2D eigenvalue weighted by Crippen LogP contribution is 2.19. The molecule has 0 saturated carbocycles. The molecule has 250 valence electrons. The Morgan fingerprint density at radius 1 is 0.293 bits per heavy atom. The predicted octanol–water partition coefficient (Wildman–Crippen LogP) is 14.8. The molecule has 0 aromatic carbocycles. The summed E-state index contributed by atoms with van der Waals surface area (Å²) in [4.78, 5) is 2.51. The second kappa shape index (κ2) is 38.5. The summed E-state index contributed by atoms with van der Waals surface area (Å²) in [6, 6.07) is 0.818. The average Bonchev–Trinajstić information content (AvgIpc) is 2.95. The Labute approximate surface area is 273 Å². The van der Waals surface area contributed by atoms with E-state index in [9.17, 15) is 0 Å². The molecule has 0 spiro atoms. The molecule has 0 aliphatic rings. The Bertz CT molecular complexity index is 401. The second-order valence-electron chi connectivity index (χ2n) is 13.8. The number of nitrogens with zero attached hydrogens (tertiary/aromatic N) is 1. The number of rotatable bonds is 35. The molecule has 0 amide bonds. The molecule has 41 heavy (non-hydrogen) atoms. The Morgan fingerprint density at radius 3 is 0.634 bits per heavy atom.